The van der Waals surface area contributed by atoms with Crippen molar-refractivity contribution in [1.82, 2.24) is 4.98 Å². The van der Waals surface area contributed by atoms with Gasteiger partial charge in [0.25, 0.3) is 0 Å². The number of halogens is 1. The minimum absolute atomic E-state index is 0.143. The summed E-state index contributed by atoms with van der Waals surface area (Å²) in [5.74, 6) is -1.44. The van der Waals surface area contributed by atoms with Crippen LogP contribution in [0.2, 0.25) is 0 Å². The Morgan fingerprint density at radius 2 is 2.33 bits per heavy atom. The lowest BCUT2D eigenvalue weighted by Gasteiger charge is -2.16. The highest BCUT2D eigenvalue weighted by Gasteiger charge is 2.23. The minimum atomic E-state index is -2.57. The van der Waals surface area contributed by atoms with E-state index in [2.05, 4.69) is 32.8 Å². The second-order valence-corrected chi connectivity index (χ2v) is 4.16. The van der Waals surface area contributed by atoms with Gasteiger partial charge in [-0.3, -0.25) is 0 Å². The van der Waals surface area contributed by atoms with E-state index in [1.807, 2.05) is 0 Å². The van der Waals surface area contributed by atoms with Gasteiger partial charge in [0, 0.05) is 16.7 Å². The maximum atomic E-state index is 11.5. The molecule has 0 amide bonds. The van der Waals surface area contributed by atoms with Crippen molar-refractivity contribution in [2.75, 3.05) is 18.9 Å². The Labute approximate surface area is 118 Å². The monoisotopic (exact) mass is 317 g/mol. The lowest BCUT2D eigenvalue weighted by molar-refractivity contribution is 0.0696. The van der Waals surface area contributed by atoms with Gasteiger partial charge in [-0.2, -0.15) is 0 Å². The molecule has 0 aromatic carbocycles. The van der Waals surface area contributed by atoms with Gasteiger partial charge in [-0.05, 0) is 35.3 Å². The number of aromatic carboxylic acids is 1. The van der Waals surface area contributed by atoms with E-state index >= 15 is 0 Å². The number of nitrogens with one attached hydrogen (secondary N) is 1. The molecule has 0 spiro atoms. The van der Waals surface area contributed by atoms with Crippen LogP contribution < -0.4 is 5.32 Å². The molecule has 0 aliphatic rings. The van der Waals surface area contributed by atoms with Crippen molar-refractivity contribution in [2.24, 2.45) is 0 Å². The van der Waals surface area contributed by atoms with Crippen LogP contribution in [0.1, 0.15) is 32.5 Å². The Hall–Kier alpha value is -1.56. The number of rotatable bonds is 5. The summed E-state index contributed by atoms with van der Waals surface area (Å²) in [6.45, 7) is 4.80. The van der Waals surface area contributed by atoms with Crippen LogP contribution >= 0.6 is 15.9 Å². The van der Waals surface area contributed by atoms with Crippen molar-refractivity contribution in [2.45, 2.75) is 13.8 Å². The summed E-state index contributed by atoms with van der Waals surface area (Å²) in [6.07, 6.45) is 0. The lowest BCUT2D eigenvalue weighted by atomic mass is 10.0. The topological polar surface area (TPSA) is 71.5 Å². The van der Waals surface area contributed by atoms with E-state index in [0.717, 1.165) is 0 Å². The number of carboxylic acid groups (broad SMARTS) is 1. The largest absolute Gasteiger partial charge is 0.494 e. The molecule has 0 aliphatic heterocycles. The fourth-order valence-corrected chi connectivity index (χ4v) is 1.92. The standard InChI is InChI=1S/C12H15BrN2O3/c1-5-18-7(3)8-6(2)10(13)15-11(14-4)9(8)12(16)17/h3,5H2,1-2,4H3,(H,14,15)(H,16,17)/i4D3. The van der Waals surface area contributed by atoms with Crippen LogP contribution in [0, 0.1) is 6.92 Å². The first-order chi connectivity index (χ1) is 9.58. The third-order valence-corrected chi connectivity index (χ3v) is 3.08. The average molecular weight is 318 g/mol. The molecule has 1 heterocycles. The fraction of sp³-hybridized carbons (Fsp3) is 0.333. The van der Waals surface area contributed by atoms with Gasteiger partial charge in [-0.1, -0.05) is 6.58 Å². The summed E-state index contributed by atoms with van der Waals surface area (Å²) < 4.78 is 27.2. The number of nitrogens with zero attached hydrogens (tertiary/aromatic N) is 1. The molecule has 0 unspecified atom stereocenters. The third-order valence-electron chi connectivity index (χ3n) is 2.31. The number of hydrogen-bond acceptors (Lipinski definition) is 4. The normalized spacial score (nSPS) is 13.2. The van der Waals surface area contributed by atoms with Crippen molar-refractivity contribution in [1.29, 1.82) is 0 Å². The highest BCUT2D eigenvalue weighted by atomic mass is 79.9. The van der Waals surface area contributed by atoms with Gasteiger partial charge in [-0.15, -0.1) is 0 Å². The number of aromatic nitrogens is 1. The smallest absolute Gasteiger partial charge is 0.340 e. The Morgan fingerprint density at radius 1 is 1.67 bits per heavy atom. The summed E-state index contributed by atoms with van der Waals surface area (Å²) in [6, 6.07) is 0. The van der Waals surface area contributed by atoms with Crippen molar-refractivity contribution < 1.29 is 18.8 Å². The van der Waals surface area contributed by atoms with Gasteiger partial charge in [0.05, 0.1) is 6.61 Å². The van der Waals surface area contributed by atoms with Gasteiger partial charge >= 0.3 is 5.97 Å². The number of carbonyl (C=O) groups is 1. The molecule has 0 atom stereocenters. The quantitative estimate of drug-likeness (QED) is 0.645. The predicted molar refractivity (Wildman–Crippen MR) is 73.8 cm³/mol. The van der Waals surface area contributed by atoms with E-state index in [-0.39, 0.29) is 22.7 Å². The van der Waals surface area contributed by atoms with Gasteiger partial charge < -0.3 is 15.2 Å². The molecule has 0 saturated heterocycles. The van der Waals surface area contributed by atoms with Gasteiger partial charge in [0.15, 0.2) is 0 Å². The first-order valence-electron chi connectivity index (χ1n) is 6.62. The average Bonchev–Trinajstić information content (AvgIpc) is 2.30. The number of carboxylic acids is 1. The molecular weight excluding hydrogens is 300 g/mol. The van der Waals surface area contributed by atoms with E-state index in [4.69, 9.17) is 8.85 Å². The Balaban J connectivity index is 3.60. The minimum Gasteiger partial charge on any atom is -0.494 e. The van der Waals surface area contributed by atoms with Crippen molar-refractivity contribution >= 4 is 33.5 Å². The molecule has 0 saturated carbocycles. The molecule has 6 heteroatoms. The van der Waals surface area contributed by atoms with E-state index in [1.54, 1.807) is 13.8 Å². The van der Waals surface area contributed by atoms with Gasteiger partial charge in [-0.25, -0.2) is 9.78 Å². The third kappa shape index (κ3) is 2.64. The summed E-state index contributed by atoms with van der Waals surface area (Å²) in [5, 5.41) is 11.5. The number of anilines is 1. The Bertz CT molecular complexity index is 588. The molecule has 5 nitrogen and oxygen atoms in total. The predicted octanol–water partition coefficient (Wildman–Crippen LogP) is 2.90. The van der Waals surface area contributed by atoms with Crippen molar-refractivity contribution in [3.8, 4) is 0 Å². The second-order valence-electron chi connectivity index (χ2n) is 3.41. The second kappa shape index (κ2) is 5.86. The van der Waals surface area contributed by atoms with Crippen LogP contribution in [-0.2, 0) is 4.74 Å². The van der Waals surface area contributed by atoms with E-state index in [0.29, 0.717) is 16.8 Å². The zero-order valence-corrected chi connectivity index (χ0v) is 11.6. The summed E-state index contributed by atoms with van der Waals surface area (Å²) in [7, 11) is 0. The van der Waals surface area contributed by atoms with Crippen LogP contribution in [0.25, 0.3) is 5.76 Å². The highest BCUT2D eigenvalue weighted by molar-refractivity contribution is 9.10. The van der Waals surface area contributed by atoms with Crippen LogP contribution in [0.15, 0.2) is 11.2 Å². The van der Waals surface area contributed by atoms with Crippen LogP contribution in [0.3, 0.4) is 0 Å². The van der Waals surface area contributed by atoms with Crippen LogP contribution in [-0.4, -0.2) is 29.6 Å². The highest BCUT2D eigenvalue weighted by Crippen LogP contribution is 2.31. The molecular formula is C12H15BrN2O3. The molecule has 0 bridgehead atoms. The zero-order valence-electron chi connectivity index (χ0n) is 13.0. The SMILES string of the molecule is [2H]C([2H])([2H])Nc1nc(Br)c(C)c(C(=C)OCC)c1C(=O)O. The number of hydrogen-bond donors (Lipinski definition) is 2. The van der Waals surface area contributed by atoms with Crippen LogP contribution in [0.5, 0.6) is 0 Å². The zero-order chi connectivity index (χ0) is 16.4. The molecule has 1 aromatic rings. The molecule has 1 rings (SSSR count). The summed E-state index contributed by atoms with van der Waals surface area (Å²) in [5.41, 5.74) is 0.421. The molecule has 0 aliphatic carbocycles. The molecule has 1 aromatic heterocycles. The fourth-order valence-electron chi connectivity index (χ4n) is 1.54. The Kier molecular flexibility index (Phi) is 3.38. The van der Waals surface area contributed by atoms with E-state index in [1.165, 1.54) is 0 Å². The molecule has 0 fully saturated rings. The molecule has 18 heavy (non-hydrogen) atoms. The van der Waals surface area contributed by atoms with E-state index < -0.39 is 12.9 Å². The van der Waals surface area contributed by atoms with E-state index in [9.17, 15) is 9.90 Å². The maximum Gasteiger partial charge on any atom is 0.340 e. The van der Waals surface area contributed by atoms with Gasteiger partial charge in [0.2, 0.25) is 0 Å². The van der Waals surface area contributed by atoms with Crippen molar-refractivity contribution in [3.63, 3.8) is 0 Å². The number of ether oxygens (including phenoxy) is 1. The van der Waals surface area contributed by atoms with Crippen LogP contribution in [0.4, 0.5) is 5.82 Å². The summed E-state index contributed by atoms with van der Waals surface area (Å²) in [4.78, 5) is 15.5. The molecule has 0 radical (unpaired) electrons. The maximum absolute atomic E-state index is 11.5. The Morgan fingerprint density at radius 3 is 2.83 bits per heavy atom. The molecule has 98 valence electrons. The molecule has 2 N–H and O–H groups in total. The van der Waals surface area contributed by atoms with Crippen molar-refractivity contribution in [3.05, 3.63) is 27.9 Å². The first kappa shape index (κ1) is 10.4. The lowest BCUT2D eigenvalue weighted by Crippen LogP contribution is -2.12. The summed E-state index contributed by atoms with van der Waals surface area (Å²) >= 11 is 3.18. The number of pyridine rings is 1. The first-order valence-corrected chi connectivity index (χ1v) is 5.91. The van der Waals surface area contributed by atoms with Gasteiger partial charge in [0.1, 0.15) is 21.7 Å².